The minimum Gasteiger partial charge on any atom is -0.323 e. The summed E-state index contributed by atoms with van der Waals surface area (Å²) in [6, 6.07) is 0. The second-order valence-corrected chi connectivity index (χ2v) is 4.47. The van der Waals surface area contributed by atoms with Crippen LogP contribution >= 0.6 is 0 Å². The van der Waals surface area contributed by atoms with E-state index in [1.807, 2.05) is 0 Å². The molecule has 0 aromatic rings. The fourth-order valence-electron chi connectivity index (χ4n) is 1.93. The molecule has 0 radical (unpaired) electrons. The van der Waals surface area contributed by atoms with E-state index >= 15 is 0 Å². The van der Waals surface area contributed by atoms with Gasteiger partial charge < -0.3 is 4.90 Å². The van der Waals surface area contributed by atoms with E-state index in [9.17, 15) is 0 Å². The zero-order chi connectivity index (χ0) is 10.9. The predicted molar refractivity (Wildman–Crippen MR) is 66.3 cm³/mol. The molecule has 15 heavy (non-hydrogen) atoms. The van der Waals surface area contributed by atoms with Gasteiger partial charge in [0.1, 0.15) is 7.05 Å². The average molecular weight is 209 g/mol. The molecule has 2 heteroatoms. The molecule has 0 amide bonds. The van der Waals surface area contributed by atoms with Gasteiger partial charge in [-0.25, -0.2) is 4.58 Å². The Hall–Kier alpha value is -0.790. The van der Waals surface area contributed by atoms with Crippen LogP contribution in [0.3, 0.4) is 0 Å². The lowest BCUT2D eigenvalue weighted by Gasteiger charge is -2.19. The van der Waals surface area contributed by atoms with Crippen LogP contribution < -0.4 is 0 Å². The van der Waals surface area contributed by atoms with Crippen molar-refractivity contribution in [1.29, 1.82) is 0 Å². The molecule has 1 aliphatic heterocycles. The van der Waals surface area contributed by atoms with Gasteiger partial charge in [-0.05, 0) is 6.42 Å². The Labute approximate surface area is 94.3 Å². The van der Waals surface area contributed by atoms with E-state index in [1.165, 1.54) is 45.1 Å². The Kier molecular flexibility index (Phi) is 6.14. The SMILES string of the molecule is CCCCCCCCN1C=CC=[N+](C)C1. The summed E-state index contributed by atoms with van der Waals surface area (Å²) in [7, 11) is 2.12. The number of hydrogen-bond acceptors (Lipinski definition) is 1. The zero-order valence-electron chi connectivity index (χ0n) is 10.3. The number of nitrogens with zero attached hydrogens (tertiary/aromatic N) is 2. The van der Waals surface area contributed by atoms with Gasteiger partial charge in [-0.2, -0.15) is 0 Å². The number of rotatable bonds is 7. The first-order valence-corrected chi connectivity index (χ1v) is 6.29. The number of hydrogen-bond donors (Lipinski definition) is 0. The fourth-order valence-corrected chi connectivity index (χ4v) is 1.93. The average Bonchev–Trinajstić information content (AvgIpc) is 2.23. The number of unbranched alkanes of at least 4 members (excludes halogenated alkanes) is 5. The third-order valence-electron chi connectivity index (χ3n) is 2.84. The van der Waals surface area contributed by atoms with Crippen LogP contribution in [0.2, 0.25) is 0 Å². The smallest absolute Gasteiger partial charge is 0.217 e. The summed E-state index contributed by atoms with van der Waals surface area (Å²) in [4.78, 5) is 2.39. The lowest BCUT2D eigenvalue weighted by Crippen LogP contribution is -2.30. The van der Waals surface area contributed by atoms with E-state index in [1.54, 1.807) is 0 Å². The third kappa shape index (κ3) is 5.60. The number of allylic oxidation sites excluding steroid dienone is 1. The Morgan fingerprint density at radius 2 is 1.87 bits per heavy atom. The normalized spacial score (nSPS) is 15.6. The summed E-state index contributed by atoms with van der Waals surface area (Å²) >= 11 is 0. The molecule has 1 rings (SSSR count). The van der Waals surface area contributed by atoms with Crippen LogP contribution in [0.1, 0.15) is 45.4 Å². The summed E-state index contributed by atoms with van der Waals surface area (Å²) in [5.41, 5.74) is 0. The highest BCUT2D eigenvalue weighted by Gasteiger charge is 2.07. The van der Waals surface area contributed by atoms with Crippen molar-refractivity contribution in [2.75, 3.05) is 20.3 Å². The van der Waals surface area contributed by atoms with Crippen molar-refractivity contribution in [2.45, 2.75) is 45.4 Å². The largest absolute Gasteiger partial charge is 0.323 e. The first kappa shape index (κ1) is 12.3. The second kappa shape index (κ2) is 7.49. The van der Waals surface area contributed by atoms with Gasteiger partial charge in [0.15, 0.2) is 6.21 Å². The van der Waals surface area contributed by atoms with Gasteiger partial charge in [-0.1, -0.05) is 39.0 Å². The second-order valence-electron chi connectivity index (χ2n) is 4.47. The van der Waals surface area contributed by atoms with E-state index in [2.05, 4.69) is 41.9 Å². The van der Waals surface area contributed by atoms with Gasteiger partial charge >= 0.3 is 0 Å². The first-order chi connectivity index (χ1) is 7.33. The maximum Gasteiger partial charge on any atom is 0.217 e. The van der Waals surface area contributed by atoms with Gasteiger partial charge in [0.05, 0.1) is 0 Å². The van der Waals surface area contributed by atoms with Crippen LogP contribution in [0.25, 0.3) is 0 Å². The van der Waals surface area contributed by atoms with Crippen molar-refractivity contribution in [3.63, 3.8) is 0 Å². The van der Waals surface area contributed by atoms with Gasteiger partial charge in [0, 0.05) is 18.8 Å². The topological polar surface area (TPSA) is 6.25 Å². The van der Waals surface area contributed by atoms with Crippen LogP contribution in [0.4, 0.5) is 0 Å². The molecular weight excluding hydrogens is 184 g/mol. The molecule has 1 heterocycles. The summed E-state index contributed by atoms with van der Waals surface area (Å²) < 4.78 is 2.22. The Morgan fingerprint density at radius 1 is 1.13 bits per heavy atom. The third-order valence-corrected chi connectivity index (χ3v) is 2.84. The van der Waals surface area contributed by atoms with Crippen LogP contribution in [-0.4, -0.2) is 36.0 Å². The molecule has 86 valence electrons. The van der Waals surface area contributed by atoms with Crippen molar-refractivity contribution in [2.24, 2.45) is 0 Å². The molecule has 0 saturated carbocycles. The summed E-state index contributed by atoms with van der Waals surface area (Å²) in [5, 5.41) is 0. The zero-order valence-corrected chi connectivity index (χ0v) is 10.3. The van der Waals surface area contributed by atoms with Crippen molar-refractivity contribution in [3.05, 3.63) is 12.3 Å². The first-order valence-electron chi connectivity index (χ1n) is 6.29. The molecule has 0 spiro atoms. The highest BCUT2D eigenvalue weighted by molar-refractivity contribution is 5.66. The minimum absolute atomic E-state index is 1.05. The van der Waals surface area contributed by atoms with Crippen LogP contribution in [0.5, 0.6) is 0 Å². The Bertz CT molecular complexity index is 219. The molecule has 0 aromatic heterocycles. The maximum absolute atomic E-state index is 2.39. The fraction of sp³-hybridized carbons (Fsp3) is 0.769. The highest BCUT2D eigenvalue weighted by atomic mass is 15.2. The predicted octanol–water partition coefficient (Wildman–Crippen LogP) is 2.85. The Balaban J connectivity index is 1.97. The lowest BCUT2D eigenvalue weighted by atomic mass is 10.1. The standard InChI is InChI=1S/C13H25N2/c1-3-4-5-6-7-8-11-15-12-9-10-14(2)13-15/h9-10,12H,3-8,11,13H2,1-2H3/q+1. The van der Waals surface area contributed by atoms with Crippen LogP contribution in [-0.2, 0) is 0 Å². The molecule has 0 N–H and O–H groups in total. The van der Waals surface area contributed by atoms with E-state index in [0.717, 1.165) is 6.67 Å². The highest BCUT2D eigenvalue weighted by Crippen LogP contribution is 2.06. The summed E-state index contributed by atoms with van der Waals surface area (Å²) in [6.07, 6.45) is 14.7. The van der Waals surface area contributed by atoms with Crippen LogP contribution in [0, 0.1) is 0 Å². The molecular formula is C13H25N2+. The molecule has 0 atom stereocenters. The van der Waals surface area contributed by atoms with Gasteiger partial charge in [0.25, 0.3) is 0 Å². The molecule has 0 aromatic carbocycles. The van der Waals surface area contributed by atoms with E-state index in [4.69, 9.17) is 0 Å². The van der Waals surface area contributed by atoms with E-state index < -0.39 is 0 Å². The Morgan fingerprint density at radius 3 is 2.60 bits per heavy atom. The molecule has 0 saturated heterocycles. The van der Waals surface area contributed by atoms with E-state index in [-0.39, 0.29) is 0 Å². The monoisotopic (exact) mass is 209 g/mol. The van der Waals surface area contributed by atoms with Gasteiger partial charge in [-0.3, -0.25) is 0 Å². The lowest BCUT2D eigenvalue weighted by molar-refractivity contribution is -0.514. The van der Waals surface area contributed by atoms with Crippen molar-refractivity contribution >= 4 is 6.21 Å². The molecule has 0 unspecified atom stereocenters. The minimum atomic E-state index is 1.05. The van der Waals surface area contributed by atoms with Crippen molar-refractivity contribution in [1.82, 2.24) is 4.90 Å². The molecule has 1 aliphatic rings. The molecule has 0 bridgehead atoms. The quantitative estimate of drug-likeness (QED) is 0.461. The summed E-state index contributed by atoms with van der Waals surface area (Å²) in [5.74, 6) is 0. The van der Waals surface area contributed by atoms with Crippen LogP contribution in [0.15, 0.2) is 12.3 Å². The maximum atomic E-state index is 2.39. The molecule has 0 fully saturated rings. The van der Waals surface area contributed by atoms with E-state index in [0.29, 0.717) is 0 Å². The van der Waals surface area contributed by atoms with Crippen molar-refractivity contribution < 1.29 is 4.58 Å². The molecule has 2 nitrogen and oxygen atoms in total. The van der Waals surface area contributed by atoms with Crippen molar-refractivity contribution in [3.8, 4) is 0 Å². The van der Waals surface area contributed by atoms with Gasteiger partial charge in [-0.15, -0.1) is 0 Å². The summed E-state index contributed by atoms with van der Waals surface area (Å²) in [6.45, 7) is 4.52. The molecule has 0 aliphatic carbocycles. The van der Waals surface area contributed by atoms with Gasteiger partial charge in [0.2, 0.25) is 6.67 Å².